The number of rotatable bonds is 5. The van der Waals surface area contributed by atoms with Crippen LogP contribution in [0.1, 0.15) is 43.9 Å². The summed E-state index contributed by atoms with van der Waals surface area (Å²) in [6.45, 7) is 4.23. The zero-order valence-electron chi connectivity index (χ0n) is 10.1. The van der Waals surface area contributed by atoms with Crippen LogP contribution in [0.4, 0.5) is 0 Å². The molecule has 2 heterocycles. The minimum Gasteiger partial charge on any atom is -0.291 e. The van der Waals surface area contributed by atoms with E-state index in [1.54, 1.807) is 0 Å². The van der Waals surface area contributed by atoms with Gasteiger partial charge in [0.05, 0.1) is 5.69 Å². The topological polar surface area (TPSA) is 30.2 Å². The van der Waals surface area contributed by atoms with Gasteiger partial charge in [-0.15, -0.1) is 0 Å². The summed E-state index contributed by atoms with van der Waals surface area (Å²) in [6.07, 6.45) is 12.4. The predicted octanol–water partition coefficient (Wildman–Crippen LogP) is 3.16. The van der Waals surface area contributed by atoms with Gasteiger partial charge in [-0.3, -0.25) is 4.40 Å². The number of nitrogens with zero attached hydrogens (tertiary/aromatic N) is 3. The largest absolute Gasteiger partial charge is 0.291 e. The fourth-order valence-electron chi connectivity index (χ4n) is 1.93. The number of unbranched alkanes of at least 4 members (excludes halogenated alkanes) is 3. The highest BCUT2D eigenvalue weighted by Crippen LogP contribution is 2.08. The van der Waals surface area contributed by atoms with Crippen LogP contribution in [0.2, 0.25) is 0 Å². The van der Waals surface area contributed by atoms with Gasteiger partial charge in [-0.1, -0.05) is 26.2 Å². The standard InChI is InChI=1S/C13H19N3/c1-3-4-5-6-7-12-8-14-13-15-11(2)9-16(13)10-12/h8-10H,3-7H2,1-2H3. The molecule has 0 fully saturated rings. The van der Waals surface area contributed by atoms with Crippen LogP contribution < -0.4 is 0 Å². The zero-order chi connectivity index (χ0) is 11.4. The van der Waals surface area contributed by atoms with Crippen molar-refractivity contribution >= 4 is 5.78 Å². The van der Waals surface area contributed by atoms with Crippen LogP contribution in [0.15, 0.2) is 18.6 Å². The van der Waals surface area contributed by atoms with Gasteiger partial charge in [-0.05, 0) is 25.3 Å². The summed E-state index contributed by atoms with van der Waals surface area (Å²) < 4.78 is 2.02. The van der Waals surface area contributed by atoms with E-state index in [1.165, 1.54) is 31.2 Å². The van der Waals surface area contributed by atoms with E-state index in [0.717, 1.165) is 17.9 Å². The number of aryl methyl sites for hydroxylation is 2. The fraction of sp³-hybridized carbons (Fsp3) is 0.538. The average Bonchev–Trinajstić information content (AvgIpc) is 2.64. The van der Waals surface area contributed by atoms with Gasteiger partial charge >= 0.3 is 0 Å². The molecule has 0 aromatic carbocycles. The molecule has 0 amide bonds. The van der Waals surface area contributed by atoms with Gasteiger partial charge in [0.1, 0.15) is 0 Å². The molecule has 0 spiro atoms. The van der Waals surface area contributed by atoms with Crippen molar-refractivity contribution in [2.75, 3.05) is 0 Å². The van der Waals surface area contributed by atoms with Crippen LogP contribution in [-0.4, -0.2) is 14.4 Å². The first kappa shape index (κ1) is 11.1. The third kappa shape index (κ3) is 2.60. The molecule has 2 aromatic heterocycles. The van der Waals surface area contributed by atoms with Crippen molar-refractivity contribution in [2.45, 2.75) is 46.0 Å². The molecule has 2 rings (SSSR count). The summed E-state index contributed by atoms with van der Waals surface area (Å²) in [7, 11) is 0. The van der Waals surface area contributed by atoms with Crippen LogP contribution in [0, 0.1) is 6.92 Å². The Labute approximate surface area is 96.5 Å². The summed E-state index contributed by atoms with van der Waals surface area (Å²) in [6, 6.07) is 0. The van der Waals surface area contributed by atoms with Crippen molar-refractivity contribution in [1.29, 1.82) is 0 Å². The molecule has 0 bridgehead atoms. The van der Waals surface area contributed by atoms with E-state index in [9.17, 15) is 0 Å². The maximum atomic E-state index is 4.35. The molecule has 0 atom stereocenters. The van der Waals surface area contributed by atoms with E-state index in [2.05, 4.69) is 23.1 Å². The smallest absolute Gasteiger partial charge is 0.233 e. The highest BCUT2D eigenvalue weighted by Gasteiger charge is 2.00. The summed E-state index contributed by atoms with van der Waals surface area (Å²) in [5.41, 5.74) is 2.33. The van der Waals surface area contributed by atoms with Crippen molar-refractivity contribution < 1.29 is 0 Å². The van der Waals surface area contributed by atoms with E-state index in [0.29, 0.717) is 0 Å². The van der Waals surface area contributed by atoms with Crippen molar-refractivity contribution in [2.24, 2.45) is 0 Å². The highest BCUT2D eigenvalue weighted by atomic mass is 15.1. The van der Waals surface area contributed by atoms with Gasteiger partial charge in [0.15, 0.2) is 0 Å². The van der Waals surface area contributed by atoms with Gasteiger partial charge in [0, 0.05) is 18.6 Å². The number of aromatic nitrogens is 3. The van der Waals surface area contributed by atoms with Crippen molar-refractivity contribution in [3.8, 4) is 0 Å². The van der Waals surface area contributed by atoms with E-state index in [-0.39, 0.29) is 0 Å². The van der Waals surface area contributed by atoms with E-state index in [1.807, 2.05) is 23.7 Å². The lowest BCUT2D eigenvalue weighted by Gasteiger charge is -2.01. The van der Waals surface area contributed by atoms with Gasteiger partial charge in [0.2, 0.25) is 5.78 Å². The first-order valence-electron chi connectivity index (χ1n) is 6.10. The molecule has 0 unspecified atom stereocenters. The lowest BCUT2D eigenvalue weighted by molar-refractivity contribution is 0.664. The van der Waals surface area contributed by atoms with Crippen molar-refractivity contribution in [3.63, 3.8) is 0 Å². The SMILES string of the molecule is CCCCCCc1cnc2nc(C)cn2c1. The Morgan fingerprint density at radius 2 is 2.06 bits per heavy atom. The highest BCUT2D eigenvalue weighted by molar-refractivity contribution is 5.31. The number of imidazole rings is 1. The van der Waals surface area contributed by atoms with Crippen LogP contribution in [0.3, 0.4) is 0 Å². The van der Waals surface area contributed by atoms with Gasteiger partial charge in [-0.25, -0.2) is 9.97 Å². The quantitative estimate of drug-likeness (QED) is 0.720. The second kappa shape index (κ2) is 5.10. The second-order valence-electron chi connectivity index (χ2n) is 4.36. The molecule has 0 aliphatic rings. The van der Waals surface area contributed by atoms with Crippen LogP contribution in [0.5, 0.6) is 0 Å². The lowest BCUT2D eigenvalue weighted by atomic mass is 10.1. The molecule has 2 aromatic rings. The monoisotopic (exact) mass is 217 g/mol. The molecule has 0 aliphatic heterocycles. The third-order valence-corrected chi connectivity index (χ3v) is 2.80. The second-order valence-corrected chi connectivity index (χ2v) is 4.36. The number of hydrogen-bond acceptors (Lipinski definition) is 2. The maximum Gasteiger partial charge on any atom is 0.233 e. The molecule has 0 radical (unpaired) electrons. The van der Waals surface area contributed by atoms with Crippen molar-refractivity contribution in [1.82, 2.24) is 14.4 Å². The minimum atomic E-state index is 0.801. The Kier molecular flexibility index (Phi) is 3.54. The number of fused-ring (bicyclic) bond motifs is 1. The molecule has 16 heavy (non-hydrogen) atoms. The first-order chi connectivity index (χ1) is 7.79. The molecule has 3 nitrogen and oxygen atoms in total. The summed E-state index contributed by atoms with van der Waals surface area (Å²) in [5.74, 6) is 0.801. The fourth-order valence-corrected chi connectivity index (χ4v) is 1.93. The van der Waals surface area contributed by atoms with Crippen LogP contribution in [-0.2, 0) is 6.42 Å². The molecule has 3 heteroatoms. The Balaban J connectivity index is 2.02. The first-order valence-corrected chi connectivity index (χ1v) is 6.10. The summed E-state index contributed by atoms with van der Waals surface area (Å²) in [5, 5.41) is 0. The summed E-state index contributed by atoms with van der Waals surface area (Å²) in [4.78, 5) is 8.67. The third-order valence-electron chi connectivity index (χ3n) is 2.80. The summed E-state index contributed by atoms with van der Waals surface area (Å²) >= 11 is 0. The van der Waals surface area contributed by atoms with E-state index < -0.39 is 0 Å². The average molecular weight is 217 g/mol. The van der Waals surface area contributed by atoms with Gasteiger partial charge < -0.3 is 0 Å². The number of hydrogen-bond donors (Lipinski definition) is 0. The molecule has 0 aliphatic carbocycles. The Morgan fingerprint density at radius 3 is 2.88 bits per heavy atom. The molecule has 0 N–H and O–H groups in total. The Morgan fingerprint density at radius 1 is 1.19 bits per heavy atom. The van der Waals surface area contributed by atoms with Gasteiger partial charge in [0.25, 0.3) is 0 Å². The molecule has 86 valence electrons. The Hall–Kier alpha value is -1.38. The molecule has 0 saturated carbocycles. The van der Waals surface area contributed by atoms with Crippen LogP contribution >= 0.6 is 0 Å². The van der Waals surface area contributed by atoms with E-state index in [4.69, 9.17) is 0 Å². The van der Waals surface area contributed by atoms with Crippen LogP contribution in [0.25, 0.3) is 5.78 Å². The molecule has 0 saturated heterocycles. The van der Waals surface area contributed by atoms with Gasteiger partial charge in [-0.2, -0.15) is 0 Å². The normalized spacial score (nSPS) is 11.1. The zero-order valence-corrected chi connectivity index (χ0v) is 10.1. The Bertz CT molecular complexity index is 459. The lowest BCUT2D eigenvalue weighted by Crippen LogP contribution is -1.93. The van der Waals surface area contributed by atoms with E-state index >= 15 is 0 Å². The molecular weight excluding hydrogens is 198 g/mol. The predicted molar refractivity (Wildman–Crippen MR) is 65.6 cm³/mol. The minimum absolute atomic E-state index is 0.801. The molecular formula is C13H19N3. The maximum absolute atomic E-state index is 4.35. The van der Waals surface area contributed by atoms with Crippen molar-refractivity contribution in [3.05, 3.63) is 29.8 Å².